The zero-order chi connectivity index (χ0) is 20.7. The van der Waals surface area contributed by atoms with Gasteiger partial charge in [0.2, 0.25) is 0 Å². The fourth-order valence-corrected chi connectivity index (χ4v) is 3.28. The van der Waals surface area contributed by atoms with Crippen molar-refractivity contribution in [2.45, 2.75) is 37.6 Å². The Hall–Kier alpha value is -2.19. The van der Waals surface area contributed by atoms with E-state index in [0.717, 1.165) is 6.08 Å². The molecular formula is C19H22ClF2NO5. The Bertz CT molecular complexity index is 720. The van der Waals surface area contributed by atoms with Crippen LogP contribution in [0, 0.1) is 5.92 Å². The molecule has 0 amide bonds. The minimum atomic E-state index is -1.53. The second-order valence-corrected chi connectivity index (χ2v) is 6.95. The third kappa shape index (κ3) is 6.45. The molecule has 0 spiro atoms. The van der Waals surface area contributed by atoms with Gasteiger partial charge in [-0.1, -0.05) is 23.7 Å². The van der Waals surface area contributed by atoms with E-state index in [4.69, 9.17) is 26.2 Å². The number of hydrogen-bond donors (Lipinski definition) is 2. The van der Waals surface area contributed by atoms with Gasteiger partial charge in [-0.15, -0.1) is 0 Å². The van der Waals surface area contributed by atoms with Gasteiger partial charge in [0.1, 0.15) is 29.9 Å². The van der Waals surface area contributed by atoms with Crippen molar-refractivity contribution in [3.63, 3.8) is 0 Å². The lowest BCUT2D eigenvalue weighted by atomic mass is 9.98. The molecule has 2 rings (SSSR count). The van der Waals surface area contributed by atoms with Crippen molar-refractivity contribution in [1.82, 2.24) is 5.32 Å². The van der Waals surface area contributed by atoms with Crippen LogP contribution < -0.4 is 10.1 Å². The summed E-state index contributed by atoms with van der Waals surface area (Å²) in [7, 11) is 1.20. The van der Waals surface area contributed by atoms with Crippen LogP contribution in [0.4, 0.5) is 8.78 Å². The van der Waals surface area contributed by atoms with Crippen molar-refractivity contribution in [3.8, 4) is 5.75 Å². The highest BCUT2D eigenvalue weighted by atomic mass is 35.5. The average molecular weight is 418 g/mol. The summed E-state index contributed by atoms with van der Waals surface area (Å²) < 4.78 is 37.1. The van der Waals surface area contributed by atoms with Gasteiger partial charge in [-0.3, -0.25) is 10.1 Å². The Morgan fingerprint density at radius 3 is 2.54 bits per heavy atom. The third-order valence-electron chi connectivity index (χ3n) is 4.45. The van der Waals surface area contributed by atoms with Crippen LogP contribution in [-0.4, -0.2) is 49.1 Å². The van der Waals surface area contributed by atoms with E-state index in [1.165, 1.54) is 7.11 Å². The molecule has 6 nitrogen and oxygen atoms in total. The number of ether oxygens (including phenoxy) is 2. The molecule has 0 aliphatic heterocycles. The van der Waals surface area contributed by atoms with E-state index in [9.17, 15) is 18.4 Å². The lowest BCUT2D eigenvalue weighted by molar-refractivity contribution is -0.143. The normalized spacial score (nSPS) is 23.3. The summed E-state index contributed by atoms with van der Waals surface area (Å²) in [5.41, 5.74) is 0. The number of carbonyl (C=O) groups excluding carboxylic acids is 1. The fourth-order valence-electron chi connectivity index (χ4n) is 3.11. The molecule has 1 saturated carbocycles. The molecule has 1 aromatic carbocycles. The van der Waals surface area contributed by atoms with Crippen LogP contribution in [0.2, 0.25) is 5.02 Å². The quantitative estimate of drug-likeness (QED) is 0.364. The molecule has 1 aliphatic carbocycles. The number of alkyl halides is 2. The van der Waals surface area contributed by atoms with E-state index in [1.54, 1.807) is 24.3 Å². The molecule has 1 fully saturated rings. The molecule has 9 heteroatoms. The largest absolute Gasteiger partial charge is 0.478 e. The molecule has 0 bridgehead atoms. The number of benzene rings is 1. The standard InChI is InChI=1S/C19H22ClF2NO5/c1-27-19(26)16(8-11-6-14(21)15(22)7-11)23-10-12(9-18(24)25)28-17-5-3-2-4-13(17)20/h2-5,9,11,14-16,23H,6-8,10H2,1H3,(H,24,25)/b12-9+. The molecule has 2 N–H and O–H groups in total. The summed E-state index contributed by atoms with van der Waals surface area (Å²) in [6.07, 6.45) is -1.99. The van der Waals surface area contributed by atoms with Crippen LogP contribution in [0.5, 0.6) is 5.75 Å². The number of halogens is 3. The smallest absolute Gasteiger partial charge is 0.331 e. The number of hydrogen-bond acceptors (Lipinski definition) is 5. The summed E-state index contributed by atoms with van der Waals surface area (Å²) >= 11 is 6.02. The number of carbonyl (C=O) groups is 2. The van der Waals surface area contributed by atoms with Crippen molar-refractivity contribution in [2.75, 3.05) is 13.7 Å². The SMILES string of the molecule is COC(=O)C(CC1CC(F)C(F)C1)NC/C(=C\C(=O)O)Oc1ccccc1Cl. The molecule has 0 radical (unpaired) electrons. The van der Waals surface area contributed by atoms with Gasteiger partial charge in [0.05, 0.1) is 24.8 Å². The first-order valence-corrected chi connectivity index (χ1v) is 9.13. The Labute approximate surface area is 166 Å². The molecule has 0 saturated heterocycles. The van der Waals surface area contributed by atoms with Crippen LogP contribution in [0.15, 0.2) is 36.1 Å². The fraction of sp³-hybridized carbons (Fsp3) is 0.474. The van der Waals surface area contributed by atoms with Gasteiger partial charge in [0.25, 0.3) is 0 Å². The number of methoxy groups -OCH3 is 1. The van der Waals surface area contributed by atoms with E-state index in [2.05, 4.69) is 5.32 Å². The second-order valence-electron chi connectivity index (χ2n) is 6.54. The number of nitrogens with one attached hydrogen (secondary N) is 1. The van der Waals surface area contributed by atoms with Crippen molar-refractivity contribution in [3.05, 3.63) is 41.1 Å². The maximum atomic E-state index is 13.4. The number of rotatable bonds is 9. The van der Waals surface area contributed by atoms with Crippen molar-refractivity contribution in [1.29, 1.82) is 0 Å². The van der Waals surface area contributed by atoms with Crippen molar-refractivity contribution in [2.24, 2.45) is 5.92 Å². The number of carboxylic acid groups (broad SMARTS) is 1. The summed E-state index contributed by atoms with van der Waals surface area (Å²) in [4.78, 5) is 23.1. The maximum absolute atomic E-state index is 13.4. The first-order chi connectivity index (χ1) is 13.3. The molecule has 28 heavy (non-hydrogen) atoms. The maximum Gasteiger partial charge on any atom is 0.331 e. The van der Waals surface area contributed by atoms with Gasteiger partial charge >= 0.3 is 11.9 Å². The highest BCUT2D eigenvalue weighted by Crippen LogP contribution is 2.34. The van der Waals surface area contributed by atoms with E-state index >= 15 is 0 Å². The molecular weight excluding hydrogens is 396 g/mol. The predicted octanol–water partition coefficient (Wildman–Crippen LogP) is 3.29. The summed E-state index contributed by atoms with van der Waals surface area (Å²) in [5.74, 6) is -1.91. The number of carboxylic acids is 1. The highest BCUT2D eigenvalue weighted by Gasteiger charge is 2.37. The summed E-state index contributed by atoms with van der Waals surface area (Å²) in [6, 6.07) is 5.65. The first kappa shape index (κ1) is 22.1. The molecule has 0 heterocycles. The molecule has 0 aromatic heterocycles. The lowest BCUT2D eigenvalue weighted by Gasteiger charge is -2.20. The van der Waals surface area contributed by atoms with E-state index < -0.39 is 30.3 Å². The third-order valence-corrected chi connectivity index (χ3v) is 4.76. The van der Waals surface area contributed by atoms with Crippen LogP contribution in [0.25, 0.3) is 0 Å². The Morgan fingerprint density at radius 2 is 1.96 bits per heavy atom. The van der Waals surface area contributed by atoms with E-state index in [0.29, 0.717) is 0 Å². The highest BCUT2D eigenvalue weighted by molar-refractivity contribution is 6.32. The zero-order valence-electron chi connectivity index (χ0n) is 15.2. The predicted molar refractivity (Wildman–Crippen MR) is 98.7 cm³/mol. The topological polar surface area (TPSA) is 84.9 Å². The van der Waals surface area contributed by atoms with Crippen LogP contribution in [0.1, 0.15) is 19.3 Å². The summed E-state index contributed by atoms with van der Waals surface area (Å²) in [5, 5.41) is 12.2. The average Bonchev–Trinajstić information content (AvgIpc) is 2.96. The molecule has 3 atom stereocenters. The Balaban J connectivity index is 2.05. The molecule has 3 unspecified atom stereocenters. The Morgan fingerprint density at radius 1 is 1.32 bits per heavy atom. The number of aliphatic carboxylic acids is 1. The minimum absolute atomic E-state index is 0.00709. The van der Waals surface area contributed by atoms with Gasteiger partial charge in [0, 0.05) is 0 Å². The second kappa shape index (κ2) is 10.4. The molecule has 1 aromatic rings. The lowest BCUT2D eigenvalue weighted by Crippen LogP contribution is -2.40. The van der Waals surface area contributed by atoms with Crippen LogP contribution >= 0.6 is 11.6 Å². The van der Waals surface area contributed by atoms with E-state index in [-0.39, 0.29) is 48.3 Å². The van der Waals surface area contributed by atoms with E-state index in [1.807, 2.05) is 0 Å². The zero-order valence-corrected chi connectivity index (χ0v) is 16.0. The van der Waals surface area contributed by atoms with Gasteiger partial charge in [-0.2, -0.15) is 0 Å². The van der Waals surface area contributed by atoms with Crippen molar-refractivity contribution >= 4 is 23.5 Å². The number of esters is 1. The van der Waals surface area contributed by atoms with Crippen LogP contribution in [-0.2, 0) is 14.3 Å². The molecule has 1 aliphatic rings. The molecule has 154 valence electrons. The number of para-hydroxylation sites is 1. The van der Waals surface area contributed by atoms with Crippen LogP contribution in [0.3, 0.4) is 0 Å². The summed E-state index contributed by atoms with van der Waals surface area (Å²) in [6.45, 7) is -0.123. The first-order valence-electron chi connectivity index (χ1n) is 8.75. The van der Waals surface area contributed by atoms with Gasteiger partial charge in [-0.25, -0.2) is 13.6 Å². The van der Waals surface area contributed by atoms with Gasteiger partial charge in [-0.05, 0) is 37.3 Å². The minimum Gasteiger partial charge on any atom is -0.478 e. The Kier molecular flexibility index (Phi) is 8.19. The monoisotopic (exact) mass is 417 g/mol. The van der Waals surface area contributed by atoms with Crippen molar-refractivity contribution < 1.29 is 33.0 Å². The van der Waals surface area contributed by atoms with Gasteiger partial charge in [0.15, 0.2) is 0 Å². The van der Waals surface area contributed by atoms with Gasteiger partial charge < -0.3 is 14.6 Å².